The molecule has 0 spiro atoms. The van der Waals surface area contributed by atoms with Crippen LogP contribution >= 0.6 is 0 Å². The smallest absolute Gasteiger partial charge is 0.161 e. The lowest BCUT2D eigenvalue weighted by molar-refractivity contribution is 0.398. The van der Waals surface area contributed by atoms with E-state index in [1.54, 1.807) is 24.2 Å². The van der Waals surface area contributed by atoms with Gasteiger partial charge in [-0.15, -0.1) is 0 Å². The van der Waals surface area contributed by atoms with Crippen molar-refractivity contribution in [3.05, 3.63) is 41.7 Å². The van der Waals surface area contributed by atoms with E-state index in [0.29, 0.717) is 11.3 Å². The highest BCUT2D eigenvalue weighted by atomic mass is 19.1. The molecule has 2 aromatic heterocycles. The van der Waals surface area contributed by atoms with Crippen LogP contribution in [0.25, 0.3) is 0 Å². The zero-order valence-corrected chi connectivity index (χ0v) is 11.5. The third-order valence-electron chi connectivity index (χ3n) is 3.00. The molecule has 0 aliphatic heterocycles. The van der Waals surface area contributed by atoms with E-state index in [1.807, 2.05) is 6.92 Å². The lowest BCUT2D eigenvalue weighted by Gasteiger charge is -2.19. The first kappa shape index (κ1) is 14.4. The number of hydrogen-bond acceptors (Lipinski definition) is 5. The van der Waals surface area contributed by atoms with Crippen LogP contribution < -0.4 is 16.0 Å². The van der Waals surface area contributed by atoms with Gasteiger partial charge in [0.1, 0.15) is 11.5 Å². The fraction of sp³-hybridized carbons (Fsp3) is 0.385. The van der Waals surface area contributed by atoms with Crippen LogP contribution in [0.15, 0.2) is 24.7 Å². The van der Waals surface area contributed by atoms with E-state index in [9.17, 15) is 4.39 Å². The summed E-state index contributed by atoms with van der Waals surface area (Å²) in [7, 11) is 1.56. The van der Waals surface area contributed by atoms with Crippen LogP contribution in [0.4, 0.5) is 4.39 Å². The molecule has 1 unspecified atom stereocenters. The van der Waals surface area contributed by atoms with Crippen molar-refractivity contribution in [2.24, 2.45) is 5.84 Å². The normalized spacial score (nSPS) is 12.4. The van der Waals surface area contributed by atoms with Gasteiger partial charge in [0.25, 0.3) is 0 Å². The quantitative estimate of drug-likeness (QED) is 0.617. The Bertz CT molecular complexity index is 572. The SMILES string of the molecule is CCCn1ncc(OC)c1C(NN)c1cncc(F)c1. The number of halogens is 1. The van der Waals surface area contributed by atoms with Gasteiger partial charge in [0.2, 0.25) is 0 Å². The second-order valence-electron chi connectivity index (χ2n) is 4.36. The largest absolute Gasteiger partial charge is 0.493 e. The van der Waals surface area contributed by atoms with Crippen LogP contribution in [-0.2, 0) is 6.54 Å². The van der Waals surface area contributed by atoms with Crippen LogP contribution in [0.2, 0.25) is 0 Å². The number of hydrogen-bond donors (Lipinski definition) is 2. The lowest BCUT2D eigenvalue weighted by atomic mass is 10.1. The maximum atomic E-state index is 13.4. The van der Waals surface area contributed by atoms with E-state index in [-0.39, 0.29) is 0 Å². The molecule has 0 amide bonds. The third-order valence-corrected chi connectivity index (χ3v) is 3.00. The molecule has 0 bridgehead atoms. The Morgan fingerprint density at radius 1 is 1.45 bits per heavy atom. The van der Waals surface area contributed by atoms with Gasteiger partial charge in [0, 0.05) is 12.7 Å². The van der Waals surface area contributed by atoms with Crippen LogP contribution in [0.5, 0.6) is 5.75 Å². The molecule has 0 saturated heterocycles. The zero-order chi connectivity index (χ0) is 14.5. The van der Waals surface area contributed by atoms with Gasteiger partial charge in [-0.25, -0.2) is 9.82 Å². The lowest BCUT2D eigenvalue weighted by Crippen LogP contribution is -2.31. The zero-order valence-electron chi connectivity index (χ0n) is 11.5. The summed E-state index contributed by atoms with van der Waals surface area (Å²) in [5, 5.41) is 4.28. The van der Waals surface area contributed by atoms with E-state index in [1.165, 1.54) is 6.07 Å². The van der Waals surface area contributed by atoms with Crippen LogP contribution in [0, 0.1) is 5.82 Å². The van der Waals surface area contributed by atoms with Gasteiger partial charge in [-0.2, -0.15) is 5.10 Å². The Morgan fingerprint density at radius 3 is 2.85 bits per heavy atom. The molecular weight excluding hydrogens is 261 g/mol. The number of rotatable bonds is 6. The van der Waals surface area contributed by atoms with Gasteiger partial charge in [0.15, 0.2) is 5.75 Å². The van der Waals surface area contributed by atoms with E-state index >= 15 is 0 Å². The van der Waals surface area contributed by atoms with E-state index in [0.717, 1.165) is 24.9 Å². The minimum Gasteiger partial charge on any atom is -0.493 e. The average Bonchev–Trinajstić information content (AvgIpc) is 2.84. The average molecular weight is 279 g/mol. The molecule has 0 radical (unpaired) electrons. The first-order valence-corrected chi connectivity index (χ1v) is 6.37. The predicted molar refractivity (Wildman–Crippen MR) is 72.4 cm³/mol. The summed E-state index contributed by atoms with van der Waals surface area (Å²) in [5.74, 6) is 5.83. The van der Waals surface area contributed by atoms with Gasteiger partial charge < -0.3 is 4.74 Å². The molecule has 0 saturated carbocycles. The van der Waals surface area contributed by atoms with Crippen LogP contribution in [-0.4, -0.2) is 21.9 Å². The fourth-order valence-corrected chi connectivity index (χ4v) is 2.14. The summed E-state index contributed by atoms with van der Waals surface area (Å²) in [6.45, 7) is 2.77. The van der Waals surface area contributed by atoms with Crippen molar-refractivity contribution in [1.82, 2.24) is 20.2 Å². The number of hydrazine groups is 1. The number of pyridine rings is 1. The number of methoxy groups -OCH3 is 1. The molecule has 6 nitrogen and oxygen atoms in total. The number of nitrogens with zero attached hydrogens (tertiary/aromatic N) is 3. The van der Waals surface area contributed by atoms with Crippen molar-refractivity contribution in [2.45, 2.75) is 25.9 Å². The van der Waals surface area contributed by atoms with Gasteiger partial charge in [0.05, 0.1) is 25.5 Å². The Balaban J connectivity index is 2.48. The monoisotopic (exact) mass is 279 g/mol. The number of ether oxygens (including phenoxy) is 1. The summed E-state index contributed by atoms with van der Waals surface area (Å²) < 4.78 is 20.5. The van der Waals surface area contributed by atoms with Crippen molar-refractivity contribution in [3.63, 3.8) is 0 Å². The maximum Gasteiger partial charge on any atom is 0.161 e. The van der Waals surface area contributed by atoms with Crippen molar-refractivity contribution < 1.29 is 9.13 Å². The molecule has 20 heavy (non-hydrogen) atoms. The number of aromatic nitrogens is 3. The van der Waals surface area contributed by atoms with Crippen molar-refractivity contribution in [2.75, 3.05) is 7.11 Å². The topological polar surface area (TPSA) is 78.0 Å². The van der Waals surface area contributed by atoms with Gasteiger partial charge >= 0.3 is 0 Å². The van der Waals surface area contributed by atoms with Crippen LogP contribution in [0.1, 0.15) is 30.6 Å². The molecule has 108 valence electrons. The van der Waals surface area contributed by atoms with E-state index < -0.39 is 11.9 Å². The molecule has 2 heterocycles. The summed E-state index contributed by atoms with van der Waals surface area (Å²) in [6, 6.07) is 0.947. The minimum atomic E-state index is -0.442. The summed E-state index contributed by atoms with van der Waals surface area (Å²) in [4.78, 5) is 3.85. The highest BCUT2D eigenvalue weighted by Gasteiger charge is 2.23. The molecule has 7 heteroatoms. The van der Waals surface area contributed by atoms with Crippen molar-refractivity contribution in [1.29, 1.82) is 0 Å². The van der Waals surface area contributed by atoms with Gasteiger partial charge in [-0.3, -0.25) is 15.5 Å². The molecular formula is C13H18FN5O. The van der Waals surface area contributed by atoms with Crippen LogP contribution in [0.3, 0.4) is 0 Å². The molecule has 2 aromatic rings. The van der Waals surface area contributed by atoms with Gasteiger partial charge in [-0.05, 0) is 18.1 Å². The molecule has 0 aliphatic carbocycles. The summed E-state index contributed by atoms with van der Waals surface area (Å²) >= 11 is 0. The molecule has 0 aromatic carbocycles. The van der Waals surface area contributed by atoms with Crippen molar-refractivity contribution >= 4 is 0 Å². The maximum absolute atomic E-state index is 13.4. The van der Waals surface area contributed by atoms with E-state index in [2.05, 4.69) is 15.5 Å². The molecule has 3 N–H and O–H groups in total. The standard InChI is InChI=1S/C13H18FN5O/c1-3-4-19-13(11(20-2)8-17-19)12(18-15)9-5-10(14)7-16-6-9/h5-8,12,18H,3-4,15H2,1-2H3. The minimum absolute atomic E-state index is 0.414. The van der Waals surface area contributed by atoms with Gasteiger partial charge in [-0.1, -0.05) is 6.92 Å². The Kier molecular flexibility index (Phi) is 4.65. The first-order chi connectivity index (χ1) is 9.71. The van der Waals surface area contributed by atoms with Crippen molar-refractivity contribution in [3.8, 4) is 5.75 Å². The molecule has 0 fully saturated rings. The van der Waals surface area contributed by atoms with E-state index in [4.69, 9.17) is 10.6 Å². The molecule has 2 rings (SSSR count). The predicted octanol–water partition coefficient (Wildman–Crippen LogP) is 1.39. The second kappa shape index (κ2) is 6.44. The Labute approximate surface area is 116 Å². The highest BCUT2D eigenvalue weighted by Crippen LogP contribution is 2.29. The molecule has 0 aliphatic rings. The Morgan fingerprint density at radius 2 is 2.25 bits per heavy atom. The first-order valence-electron chi connectivity index (χ1n) is 6.37. The second-order valence-corrected chi connectivity index (χ2v) is 4.36. The number of nitrogens with two attached hydrogens (primary N) is 1. The fourth-order valence-electron chi connectivity index (χ4n) is 2.14. The summed E-state index contributed by atoms with van der Waals surface area (Å²) in [5.41, 5.74) is 4.04. The number of nitrogens with one attached hydrogen (secondary N) is 1. The highest BCUT2D eigenvalue weighted by molar-refractivity contribution is 5.35. The Hall–Kier alpha value is -1.99. The third kappa shape index (κ3) is 2.78. The summed E-state index contributed by atoms with van der Waals surface area (Å²) in [6.07, 6.45) is 5.26. The molecule has 1 atom stereocenters. The number of aryl methyl sites for hydroxylation is 1.